The summed E-state index contributed by atoms with van der Waals surface area (Å²) in [5.74, 6) is -1.60. The fraction of sp³-hybridized carbons (Fsp3) is 0.440. The molecule has 3 aromatic rings. The van der Waals surface area contributed by atoms with Gasteiger partial charge in [0.1, 0.15) is 22.2 Å². The van der Waals surface area contributed by atoms with E-state index in [9.17, 15) is 28.2 Å². The maximum Gasteiger partial charge on any atom is 0.416 e. The fourth-order valence-corrected chi connectivity index (χ4v) is 6.75. The smallest absolute Gasteiger partial charge is 0.416 e. The predicted octanol–water partition coefficient (Wildman–Crippen LogP) is 5.91. The van der Waals surface area contributed by atoms with Gasteiger partial charge in [-0.3, -0.25) is 4.79 Å². The lowest BCUT2D eigenvalue weighted by Gasteiger charge is -2.59. The fourth-order valence-electron chi connectivity index (χ4n) is 5.76. The number of aryl methyl sites for hydroxylation is 1. The Morgan fingerprint density at radius 1 is 1.14 bits per heavy atom. The second-order valence-corrected chi connectivity index (χ2v) is 10.8. The highest BCUT2D eigenvalue weighted by molar-refractivity contribution is 7.15. The van der Waals surface area contributed by atoms with Crippen molar-refractivity contribution in [3.63, 3.8) is 0 Å². The van der Waals surface area contributed by atoms with Crippen molar-refractivity contribution in [2.24, 2.45) is 11.3 Å². The number of hydrogen-bond acceptors (Lipinski definition) is 7. The van der Waals surface area contributed by atoms with Crippen LogP contribution in [0.4, 0.5) is 24.8 Å². The third-order valence-corrected chi connectivity index (χ3v) is 8.44. The van der Waals surface area contributed by atoms with Crippen LogP contribution in [0.1, 0.15) is 54.7 Å². The van der Waals surface area contributed by atoms with Gasteiger partial charge in [-0.2, -0.15) is 13.2 Å². The standard InChI is InChI=1S/C25H25F3N4O3S/c1-14-9-16(31-19(10-14)32-18-11-15(5-8-29-18)25(26,27)28)17-12-30-22(36-17)24(35)13-23(20(24)21(33)34)6-3-2-4-7-23/h5,8-12,20,35H,2-4,6-7,13H2,1H3,(H,33,34)(H,29,31,32)/t20-,24-/m1/s1. The van der Waals surface area contributed by atoms with Crippen molar-refractivity contribution in [3.8, 4) is 10.6 Å². The van der Waals surface area contributed by atoms with Crippen molar-refractivity contribution < 1.29 is 28.2 Å². The molecule has 7 nitrogen and oxygen atoms in total. The van der Waals surface area contributed by atoms with E-state index in [2.05, 4.69) is 20.3 Å². The number of pyridine rings is 2. The molecule has 0 bridgehead atoms. The van der Waals surface area contributed by atoms with E-state index < -0.39 is 29.2 Å². The summed E-state index contributed by atoms with van der Waals surface area (Å²) in [6, 6.07) is 5.28. The van der Waals surface area contributed by atoms with Gasteiger partial charge in [0.2, 0.25) is 0 Å². The van der Waals surface area contributed by atoms with Crippen LogP contribution in [-0.4, -0.2) is 31.1 Å². The minimum atomic E-state index is -4.49. The lowest BCUT2D eigenvalue weighted by molar-refractivity contribution is -0.225. The van der Waals surface area contributed by atoms with Crippen LogP contribution < -0.4 is 5.32 Å². The zero-order valence-electron chi connectivity index (χ0n) is 19.5. The molecule has 190 valence electrons. The normalized spacial score (nSPS) is 23.3. The number of aliphatic carboxylic acids is 1. The minimum Gasteiger partial charge on any atom is -0.481 e. The van der Waals surface area contributed by atoms with Gasteiger partial charge in [-0.05, 0) is 61.4 Å². The molecule has 3 heterocycles. The zero-order valence-corrected chi connectivity index (χ0v) is 20.3. The van der Waals surface area contributed by atoms with E-state index in [0.717, 1.165) is 56.0 Å². The van der Waals surface area contributed by atoms with Crippen molar-refractivity contribution in [2.45, 2.75) is 57.2 Å². The summed E-state index contributed by atoms with van der Waals surface area (Å²) in [5, 5.41) is 24.6. The number of carbonyl (C=O) groups is 1. The number of rotatable bonds is 5. The molecule has 2 aliphatic rings. The van der Waals surface area contributed by atoms with Crippen LogP contribution >= 0.6 is 11.3 Å². The molecule has 2 atom stereocenters. The molecule has 2 aliphatic carbocycles. The van der Waals surface area contributed by atoms with Crippen LogP contribution in [0.3, 0.4) is 0 Å². The van der Waals surface area contributed by atoms with E-state index in [1.54, 1.807) is 18.3 Å². The second kappa shape index (κ2) is 8.81. The van der Waals surface area contributed by atoms with E-state index in [1.165, 1.54) is 11.3 Å². The Bertz CT molecular complexity index is 1310. The Hall–Kier alpha value is -3.05. The number of nitrogens with one attached hydrogen (secondary N) is 1. The van der Waals surface area contributed by atoms with Gasteiger partial charge in [-0.25, -0.2) is 15.0 Å². The Balaban J connectivity index is 1.41. The summed E-state index contributed by atoms with van der Waals surface area (Å²) in [4.78, 5) is 25.7. The summed E-state index contributed by atoms with van der Waals surface area (Å²) in [5.41, 5.74) is -1.43. The molecule has 0 aliphatic heterocycles. The van der Waals surface area contributed by atoms with Gasteiger partial charge >= 0.3 is 12.1 Å². The molecule has 3 aromatic heterocycles. The largest absolute Gasteiger partial charge is 0.481 e. The lowest BCUT2D eigenvalue weighted by atomic mass is 9.46. The Morgan fingerprint density at radius 2 is 1.89 bits per heavy atom. The quantitative estimate of drug-likeness (QED) is 0.385. The van der Waals surface area contributed by atoms with Gasteiger partial charge in [-0.1, -0.05) is 19.3 Å². The molecule has 0 aromatic carbocycles. The van der Waals surface area contributed by atoms with Crippen LogP contribution in [0.25, 0.3) is 10.6 Å². The number of hydrogen-bond donors (Lipinski definition) is 3. The molecule has 0 saturated heterocycles. The first-order chi connectivity index (χ1) is 17.0. The molecule has 3 N–H and O–H groups in total. The summed E-state index contributed by atoms with van der Waals surface area (Å²) < 4.78 is 39.1. The van der Waals surface area contributed by atoms with Crippen molar-refractivity contribution >= 4 is 28.9 Å². The first kappa shape index (κ1) is 24.6. The summed E-state index contributed by atoms with van der Waals surface area (Å²) in [6.07, 6.45) is 3.11. The topological polar surface area (TPSA) is 108 Å². The van der Waals surface area contributed by atoms with Crippen molar-refractivity contribution in [1.29, 1.82) is 0 Å². The monoisotopic (exact) mass is 518 g/mol. The molecule has 2 fully saturated rings. The maximum absolute atomic E-state index is 13.0. The third-order valence-electron chi connectivity index (χ3n) is 7.25. The number of aromatic nitrogens is 3. The average molecular weight is 519 g/mol. The highest BCUT2D eigenvalue weighted by Crippen LogP contribution is 2.65. The van der Waals surface area contributed by atoms with E-state index in [1.807, 2.05) is 6.92 Å². The zero-order chi connectivity index (χ0) is 25.7. The van der Waals surface area contributed by atoms with Gasteiger partial charge < -0.3 is 15.5 Å². The highest BCUT2D eigenvalue weighted by atomic mass is 32.1. The number of alkyl halides is 3. The van der Waals surface area contributed by atoms with E-state index in [0.29, 0.717) is 27.8 Å². The summed E-state index contributed by atoms with van der Waals surface area (Å²) >= 11 is 1.19. The molecule has 5 rings (SSSR count). The molecule has 0 radical (unpaired) electrons. The predicted molar refractivity (Wildman–Crippen MR) is 128 cm³/mol. The molecular formula is C25H25F3N4O3S. The van der Waals surface area contributed by atoms with E-state index in [-0.39, 0.29) is 11.2 Å². The number of carboxylic acids is 1. The Labute approximate surface area is 209 Å². The Morgan fingerprint density at radius 3 is 2.58 bits per heavy atom. The Kier molecular flexibility index (Phi) is 6.03. The van der Waals surface area contributed by atoms with E-state index in [4.69, 9.17) is 0 Å². The molecule has 36 heavy (non-hydrogen) atoms. The van der Waals surface area contributed by atoms with Crippen molar-refractivity contribution in [1.82, 2.24) is 15.0 Å². The summed E-state index contributed by atoms with van der Waals surface area (Å²) in [7, 11) is 0. The minimum absolute atomic E-state index is 0.00438. The number of carboxylic acid groups (broad SMARTS) is 1. The van der Waals surface area contributed by atoms with Gasteiger partial charge in [0, 0.05) is 12.4 Å². The maximum atomic E-state index is 13.0. The van der Waals surface area contributed by atoms with Crippen molar-refractivity contribution in [2.75, 3.05) is 5.32 Å². The highest BCUT2D eigenvalue weighted by Gasteiger charge is 2.67. The molecule has 0 unspecified atom stereocenters. The number of aliphatic hydroxyl groups is 1. The molecule has 0 amide bonds. The SMILES string of the molecule is Cc1cc(Nc2cc(C(F)(F)F)ccn2)nc(-c2cnc([C@@]3(O)CC4(CCCCC4)[C@H]3C(=O)O)s2)c1. The number of thiazole rings is 1. The first-order valence-electron chi connectivity index (χ1n) is 11.7. The van der Waals surface area contributed by atoms with Gasteiger partial charge in [0.25, 0.3) is 0 Å². The summed E-state index contributed by atoms with van der Waals surface area (Å²) in [6.45, 7) is 1.82. The lowest BCUT2D eigenvalue weighted by Crippen LogP contribution is -2.62. The van der Waals surface area contributed by atoms with Crippen LogP contribution in [0.5, 0.6) is 0 Å². The second-order valence-electron chi connectivity index (χ2n) is 9.79. The number of halogens is 3. The van der Waals surface area contributed by atoms with E-state index >= 15 is 0 Å². The third kappa shape index (κ3) is 4.34. The van der Waals surface area contributed by atoms with Gasteiger partial charge in [0.15, 0.2) is 0 Å². The molecule has 1 spiro atoms. The molecule has 11 heteroatoms. The first-order valence-corrected chi connectivity index (χ1v) is 12.5. The van der Waals surface area contributed by atoms with Crippen LogP contribution in [0.15, 0.2) is 36.7 Å². The van der Waals surface area contributed by atoms with Crippen LogP contribution in [-0.2, 0) is 16.6 Å². The molecular weight excluding hydrogens is 493 g/mol. The van der Waals surface area contributed by atoms with Gasteiger partial charge in [0.05, 0.1) is 22.1 Å². The number of nitrogens with zero attached hydrogens (tertiary/aromatic N) is 3. The average Bonchev–Trinajstić information content (AvgIpc) is 3.29. The van der Waals surface area contributed by atoms with Crippen LogP contribution in [0.2, 0.25) is 0 Å². The van der Waals surface area contributed by atoms with Gasteiger partial charge in [-0.15, -0.1) is 11.3 Å². The van der Waals surface area contributed by atoms with Crippen LogP contribution in [0, 0.1) is 18.3 Å². The molecule has 2 saturated carbocycles. The number of anilines is 2. The van der Waals surface area contributed by atoms with Crippen molar-refractivity contribution in [3.05, 3.63) is 52.8 Å².